The molecule has 1 atom stereocenters. The van der Waals surface area contributed by atoms with Gasteiger partial charge in [-0.05, 0) is 19.1 Å². The molecule has 2 rings (SSSR count). The van der Waals surface area contributed by atoms with Crippen LogP contribution in [0.4, 0.5) is 4.39 Å². The Bertz CT molecular complexity index is 697. The van der Waals surface area contributed by atoms with Crippen LogP contribution in [0.25, 0.3) is 0 Å². The minimum atomic E-state index is -0.497. The van der Waals surface area contributed by atoms with Gasteiger partial charge in [-0.3, -0.25) is 9.59 Å². The number of amides is 1. The largest absolute Gasteiger partial charge is 0.344 e. The Balaban J connectivity index is 2.17. The van der Waals surface area contributed by atoms with Crippen molar-refractivity contribution in [3.05, 3.63) is 63.8 Å². The maximum absolute atomic E-state index is 13.6. The lowest BCUT2D eigenvalue weighted by Gasteiger charge is -2.14. The first kappa shape index (κ1) is 13.9. The summed E-state index contributed by atoms with van der Waals surface area (Å²) in [7, 11) is 1.46. The molecule has 1 heterocycles. The lowest BCUT2D eigenvalue weighted by molar-refractivity contribution is 0.0932. The maximum Gasteiger partial charge on any atom is 0.272 e. The molecule has 0 fully saturated rings. The average molecular weight is 275 g/mol. The number of nitrogens with one attached hydrogen (secondary N) is 1. The van der Waals surface area contributed by atoms with Crippen molar-refractivity contribution in [3.8, 4) is 0 Å². The van der Waals surface area contributed by atoms with Gasteiger partial charge in [-0.1, -0.05) is 18.2 Å². The van der Waals surface area contributed by atoms with Gasteiger partial charge in [0.15, 0.2) is 0 Å². The monoisotopic (exact) mass is 275 g/mol. The molecule has 0 spiro atoms. The predicted molar refractivity (Wildman–Crippen MR) is 71.8 cm³/mol. The van der Waals surface area contributed by atoms with Gasteiger partial charge < -0.3 is 5.32 Å². The summed E-state index contributed by atoms with van der Waals surface area (Å²) in [6.45, 7) is 1.68. The van der Waals surface area contributed by atoms with Crippen LogP contribution in [0, 0.1) is 5.82 Å². The summed E-state index contributed by atoms with van der Waals surface area (Å²) in [6.07, 6.45) is 0. The molecule has 0 unspecified atom stereocenters. The molecule has 0 saturated heterocycles. The van der Waals surface area contributed by atoms with E-state index in [1.165, 1.54) is 25.2 Å². The van der Waals surface area contributed by atoms with Crippen LogP contribution < -0.4 is 10.9 Å². The molecule has 1 aromatic carbocycles. The summed E-state index contributed by atoms with van der Waals surface area (Å²) >= 11 is 0. The molecule has 0 aliphatic carbocycles. The quantitative estimate of drug-likeness (QED) is 0.921. The zero-order chi connectivity index (χ0) is 14.7. The third kappa shape index (κ3) is 2.90. The number of halogens is 1. The van der Waals surface area contributed by atoms with E-state index >= 15 is 0 Å². The predicted octanol–water partition coefficient (Wildman–Crippen LogP) is 1.41. The topological polar surface area (TPSA) is 64.0 Å². The van der Waals surface area contributed by atoms with Gasteiger partial charge in [0.1, 0.15) is 11.5 Å². The van der Waals surface area contributed by atoms with Crippen LogP contribution in [0.5, 0.6) is 0 Å². The van der Waals surface area contributed by atoms with E-state index < -0.39 is 11.9 Å². The number of carbonyl (C=O) groups is 1. The summed E-state index contributed by atoms with van der Waals surface area (Å²) < 4.78 is 14.7. The van der Waals surface area contributed by atoms with Crippen molar-refractivity contribution in [1.82, 2.24) is 15.1 Å². The van der Waals surface area contributed by atoms with Crippen LogP contribution in [-0.2, 0) is 7.05 Å². The van der Waals surface area contributed by atoms with Crippen molar-refractivity contribution in [2.75, 3.05) is 0 Å². The van der Waals surface area contributed by atoms with E-state index in [2.05, 4.69) is 10.4 Å². The van der Waals surface area contributed by atoms with Crippen molar-refractivity contribution >= 4 is 5.91 Å². The van der Waals surface area contributed by atoms with E-state index in [1.807, 2.05) is 0 Å². The molecule has 0 aliphatic rings. The summed E-state index contributed by atoms with van der Waals surface area (Å²) in [6, 6.07) is 8.33. The molecule has 0 aliphatic heterocycles. The highest BCUT2D eigenvalue weighted by Gasteiger charge is 2.15. The highest BCUT2D eigenvalue weighted by Crippen LogP contribution is 2.16. The number of nitrogens with zero attached hydrogens (tertiary/aromatic N) is 2. The van der Waals surface area contributed by atoms with Gasteiger partial charge in [-0.2, -0.15) is 5.10 Å². The van der Waals surface area contributed by atoms with E-state index in [9.17, 15) is 14.0 Å². The lowest BCUT2D eigenvalue weighted by atomic mass is 10.1. The minimum Gasteiger partial charge on any atom is -0.344 e. The van der Waals surface area contributed by atoms with Gasteiger partial charge in [0.25, 0.3) is 11.5 Å². The van der Waals surface area contributed by atoms with Gasteiger partial charge in [-0.15, -0.1) is 0 Å². The molecular weight excluding hydrogens is 261 g/mol. The normalized spacial score (nSPS) is 11.9. The second-order valence-electron chi connectivity index (χ2n) is 4.40. The van der Waals surface area contributed by atoms with E-state index in [0.717, 1.165) is 4.68 Å². The smallest absolute Gasteiger partial charge is 0.272 e. The third-order valence-corrected chi connectivity index (χ3v) is 2.91. The van der Waals surface area contributed by atoms with E-state index in [0.29, 0.717) is 5.56 Å². The number of aromatic nitrogens is 2. The molecule has 0 radical (unpaired) electrons. The van der Waals surface area contributed by atoms with Crippen molar-refractivity contribution < 1.29 is 9.18 Å². The van der Waals surface area contributed by atoms with E-state index in [4.69, 9.17) is 0 Å². The summed E-state index contributed by atoms with van der Waals surface area (Å²) in [4.78, 5) is 23.2. The lowest BCUT2D eigenvalue weighted by Crippen LogP contribution is -2.30. The second kappa shape index (κ2) is 5.64. The van der Waals surface area contributed by atoms with E-state index in [1.54, 1.807) is 25.1 Å². The molecule has 0 bridgehead atoms. The summed E-state index contributed by atoms with van der Waals surface area (Å²) in [5, 5.41) is 6.48. The molecule has 104 valence electrons. The maximum atomic E-state index is 13.6. The highest BCUT2D eigenvalue weighted by atomic mass is 19.1. The van der Waals surface area contributed by atoms with Crippen molar-refractivity contribution in [2.45, 2.75) is 13.0 Å². The molecule has 5 nitrogen and oxygen atoms in total. The first-order valence-corrected chi connectivity index (χ1v) is 6.08. The van der Waals surface area contributed by atoms with Gasteiger partial charge in [-0.25, -0.2) is 9.07 Å². The van der Waals surface area contributed by atoms with Crippen molar-refractivity contribution in [3.63, 3.8) is 0 Å². The standard InChI is InChI=1S/C14H14FN3O2/c1-9(10-5-3-4-6-11(10)15)16-14(20)12-7-8-13(19)18(2)17-12/h3-9H,1-2H3,(H,16,20)/t9-/m1/s1. The highest BCUT2D eigenvalue weighted by molar-refractivity contribution is 5.92. The van der Waals surface area contributed by atoms with Gasteiger partial charge in [0.05, 0.1) is 6.04 Å². The van der Waals surface area contributed by atoms with E-state index in [-0.39, 0.29) is 17.1 Å². The van der Waals surface area contributed by atoms with Crippen LogP contribution in [-0.4, -0.2) is 15.7 Å². The minimum absolute atomic E-state index is 0.107. The number of hydrogen-bond acceptors (Lipinski definition) is 3. The summed E-state index contributed by atoms with van der Waals surface area (Å²) in [5.41, 5.74) is 0.199. The van der Waals surface area contributed by atoms with Gasteiger partial charge in [0.2, 0.25) is 0 Å². The third-order valence-electron chi connectivity index (χ3n) is 2.91. The van der Waals surface area contributed by atoms with Gasteiger partial charge >= 0.3 is 0 Å². The van der Waals surface area contributed by atoms with Crippen LogP contribution in [0.15, 0.2) is 41.2 Å². The molecule has 1 amide bonds. The SMILES string of the molecule is C[C@@H](NC(=O)c1ccc(=O)n(C)n1)c1ccccc1F. The number of carbonyl (C=O) groups excluding carboxylic acids is 1. The van der Waals surface area contributed by atoms with Crippen LogP contribution >= 0.6 is 0 Å². The number of benzene rings is 1. The Morgan fingerprint density at radius 3 is 2.65 bits per heavy atom. The molecular formula is C14H14FN3O2. The average Bonchev–Trinajstić information content (AvgIpc) is 2.42. The zero-order valence-electron chi connectivity index (χ0n) is 11.1. The number of aryl methyl sites for hydroxylation is 1. The van der Waals surface area contributed by atoms with Crippen molar-refractivity contribution in [2.24, 2.45) is 7.05 Å². The fourth-order valence-corrected chi connectivity index (χ4v) is 1.80. The Kier molecular flexibility index (Phi) is 3.93. The fourth-order valence-electron chi connectivity index (χ4n) is 1.80. The Morgan fingerprint density at radius 1 is 1.30 bits per heavy atom. The molecule has 1 aromatic heterocycles. The van der Waals surface area contributed by atoms with Gasteiger partial charge in [0, 0.05) is 18.7 Å². The second-order valence-corrected chi connectivity index (χ2v) is 4.40. The first-order valence-electron chi connectivity index (χ1n) is 6.08. The molecule has 6 heteroatoms. The molecule has 1 N–H and O–H groups in total. The fraction of sp³-hybridized carbons (Fsp3) is 0.214. The Hall–Kier alpha value is -2.50. The number of hydrogen-bond donors (Lipinski definition) is 1. The van der Waals surface area contributed by atoms with Crippen molar-refractivity contribution in [1.29, 1.82) is 0 Å². The van der Waals surface area contributed by atoms with Crippen LogP contribution in [0.2, 0.25) is 0 Å². The van der Waals surface area contributed by atoms with Crippen LogP contribution in [0.1, 0.15) is 29.0 Å². The molecule has 0 saturated carbocycles. The first-order chi connectivity index (χ1) is 9.49. The summed E-state index contributed by atoms with van der Waals surface area (Å²) in [5.74, 6) is -0.843. The van der Waals surface area contributed by atoms with Crippen LogP contribution in [0.3, 0.4) is 0 Å². The molecule has 2 aromatic rings. The zero-order valence-corrected chi connectivity index (χ0v) is 11.1. The Labute approximate surface area is 115 Å². The number of rotatable bonds is 3. The Morgan fingerprint density at radius 2 is 2.00 bits per heavy atom. The molecule has 20 heavy (non-hydrogen) atoms.